The van der Waals surface area contributed by atoms with Gasteiger partial charge < -0.3 is 10.2 Å². The molecule has 0 amide bonds. The highest BCUT2D eigenvalue weighted by Crippen LogP contribution is 2.42. The lowest BCUT2D eigenvalue weighted by atomic mass is 9.73. The molecule has 1 N–H and O–H groups in total. The Kier molecular flexibility index (Phi) is 4.95. The van der Waals surface area contributed by atoms with Gasteiger partial charge in [0.2, 0.25) is 0 Å². The summed E-state index contributed by atoms with van der Waals surface area (Å²) in [6.45, 7) is 10.2. The third-order valence-corrected chi connectivity index (χ3v) is 6.98. The van der Waals surface area contributed by atoms with Crippen molar-refractivity contribution in [1.29, 1.82) is 0 Å². The van der Waals surface area contributed by atoms with Crippen LogP contribution in [0, 0.1) is 10.8 Å². The van der Waals surface area contributed by atoms with E-state index in [9.17, 15) is 0 Å². The molecule has 0 aromatic rings. The third kappa shape index (κ3) is 3.82. The first-order chi connectivity index (χ1) is 10.2. The van der Waals surface area contributed by atoms with Crippen LogP contribution in [0.2, 0.25) is 0 Å². The molecule has 2 aliphatic carbocycles. The number of hydrogen-bond acceptors (Lipinski definition) is 2. The molecule has 0 radical (unpaired) electrons. The molecule has 3 fully saturated rings. The van der Waals surface area contributed by atoms with Gasteiger partial charge in [-0.15, -0.1) is 0 Å². The largest absolute Gasteiger partial charge is 0.313 e. The first-order valence-electron chi connectivity index (χ1n) is 9.65. The van der Waals surface area contributed by atoms with E-state index < -0.39 is 0 Å². The molecule has 3 rings (SSSR count). The monoisotopic (exact) mass is 292 g/mol. The van der Waals surface area contributed by atoms with Crippen LogP contribution in [0.5, 0.6) is 0 Å². The van der Waals surface area contributed by atoms with E-state index in [1.807, 2.05) is 0 Å². The molecule has 0 bridgehead atoms. The van der Waals surface area contributed by atoms with E-state index in [2.05, 4.69) is 24.1 Å². The van der Waals surface area contributed by atoms with Crippen molar-refractivity contribution in [2.75, 3.05) is 26.2 Å². The summed E-state index contributed by atoms with van der Waals surface area (Å²) < 4.78 is 0. The summed E-state index contributed by atoms with van der Waals surface area (Å²) in [6, 6.07) is 0.872. The number of nitrogens with one attached hydrogen (secondary N) is 1. The number of piperidine rings is 1. The minimum Gasteiger partial charge on any atom is -0.313 e. The van der Waals surface area contributed by atoms with Crippen LogP contribution >= 0.6 is 0 Å². The van der Waals surface area contributed by atoms with Gasteiger partial charge in [-0.2, -0.15) is 0 Å². The van der Waals surface area contributed by atoms with Gasteiger partial charge in [0.25, 0.3) is 0 Å². The standard InChI is InChI=1S/C19H36N2/c1-3-18(4-2)11-13-21(14-12-18)16-19(9-5-6-10-19)15-20-17-7-8-17/h17,20H,3-16H2,1-2H3. The zero-order chi connectivity index (χ0) is 14.8. The molecule has 2 nitrogen and oxygen atoms in total. The van der Waals surface area contributed by atoms with Crippen LogP contribution < -0.4 is 5.32 Å². The van der Waals surface area contributed by atoms with Crippen molar-refractivity contribution < 1.29 is 0 Å². The predicted molar refractivity (Wildman–Crippen MR) is 90.6 cm³/mol. The van der Waals surface area contributed by atoms with E-state index >= 15 is 0 Å². The maximum atomic E-state index is 3.84. The van der Waals surface area contributed by atoms with E-state index in [1.165, 1.54) is 90.4 Å². The Morgan fingerprint density at radius 1 is 0.905 bits per heavy atom. The molecule has 3 aliphatic rings. The highest BCUT2D eigenvalue weighted by molar-refractivity contribution is 4.94. The minimum atomic E-state index is 0.612. The Balaban J connectivity index is 1.52. The summed E-state index contributed by atoms with van der Waals surface area (Å²) in [4.78, 5) is 2.81. The van der Waals surface area contributed by atoms with Crippen LogP contribution in [-0.4, -0.2) is 37.1 Å². The van der Waals surface area contributed by atoms with Crippen molar-refractivity contribution in [1.82, 2.24) is 10.2 Å². The second-order valence-corrected chi connectivity index (χ2v) is 8.35. The number of nitrogens with zero attached hydrogens (tertiary/aromatic N) is 1. The maximum Gasteiger partial charge on any atom is 0.00684 e. The Hall–Kier alpha value is -0.0800. The summed E-state index contributed by atoms with van der Waals surface area (Å²) in [5.41, 5.74) is 1.28. The summed E-state index contributed by atoms with van der Waals surface area (Å²) >= 11 is 0. The van der Waals surface area contributed by atoms with Crippen molar-refractivity contribution in [3.8, 4) is 0 Å². The highest BCUT2D eigenvalue weighted by atomic mass is 15.1. The summed E-state index contributed by atoms with van der Waals surface area (Å²) in [5.74, 6) is 0. The highest BCUT2D eigenvalue weighted by Gasteiger charge is 2.39. The van der Waals surface area contributed by atoms with Crippen molar-refractivity contribution in [3.05, 3.63) is 0 Å². The van der Waals surface area contributed by atoms with Gasteiger partial charge >= 0.3 is 0 Å². The molecule has 1 aliphatic heterocycles. The van der Waals surface area contributed by atoms with Gasteiger partial charge in [0.1, 0.15) is 0 Å². The van der Waals surface area contributed by atoms with Crippen LogP contribution in [0.15, 0.2) is 0 Å². The molecule has 2 heteroatoms. The maximum absolute atomic E-state index is 3.84. The molecule has 0 atom stereocenters. The fourth-order valence-electron chi connectivity index (χ4n) is 4.78. The normalized spacial score (nSPS) is 28.9. The lowest BCUT2D eigenvalue weighted by Gasteiger charge is -2.44. The number of hydrogen-bond donors (Lipinski definition) is 1. The molecule has 122 valence electrons. The van der Waals surface area contributed by atoms with Crippen LogP contribution in [-0.2, 0) is 0 Å². The van der Waals surface area contributed by atoms with Gasteiger partial charge in [0, 0.05) is 19.1 Å². The Labute approximate surface area is 132 Å². The zero-order valence-corrected chi connectivity index (χ0v) is 14.4. The van der Waals surface area contributed by atoms with Crippen LogP contribution in [0.25, 0.3) is 0 Å². The van der Waals surface area contributed by atoms with Gasteiger partial charge in [0.05, 0.1) is 0 Å². The molecule has 0 aromatic carbocycles. The molecular weight excluding hydrogens is 256 g/mol. The van der Waals surface area contributed by atoms with Crippen molar-refractivity contribution >= 4 is 0 Å². The summed E-state index contributed by atoms with van der Waals surface area (Å²) in [5, 5.41) is 3.84. The predicted octanol–water partition coefficient (Wildman–Crippen LogP) is 4.20. The molecule has 0 unspecified atom stereocenters. The van der Waals surface area contributed by atoms with Crippen molar-refractivity contribution in [2.24, 2.45) is 10.8 Å². The van der Waals surface area contributed by atoms with Crippen molar-refractivity contribution in [2.45, 2.75) is 84.1 Å². The fraction of sp³-hybridized carbons (Fsp3) is 1.00. The lowest BCUT2D eigenvalue weighted by Crippen LogP contribution is -2.47. The molecular formula is C19H36N2. The zero-order valence-electron chi connectivity index (χ0n) is 14.4. The second-order valence-electron chi connectivity index (χ2n) is 8.35. The van der Waals surface area contributed by atoms with Crippen molar-refractivity contribution in [3.63, 3.8) is 0 Å². The van der Waals surface area contributed by atoms with Crippen LogP contribution in [0.3, 0.4) is 0 Å². The lowest BCUT2D eigenvalue weighted by molar-refractivity contribution is 0.0605. The van der Waals surface area contributed by atoms with Crippen LogP contribution in [0.1, 0.15) is 78.1 Å². The minimum absolute atomic E-state index is 0.612. The average Bonchev–Trinajstić information content (AvgIpc) is 3.26. The Morgan fingerprint density at radius 2 is 1.52 bits per heavy atom. The van der Waals surface area contributed by atoms with E-state index in [-0.39, 0.29) is 0 Å². The van der Waals surface area contributed by atoms with E-state index in [1.54, 1.807) is 0 Å². The van der Waals surface area contributed by atoms with Gasteiger partial charge in [-0.05, 0) is 62.4 Å². The van der Waals surface area contributed by atoms with Crippen LogP contribution in [0.4, 0.5) is 0 Å². The van der Waals surface area contributed by atoms with Gasteiger partial charge in [0.15, 0.2) is 0 Å². The molecule has 1 saturated heterocycles. The first kappa shape index (κ1) is 15.8. The molecule has 0 aromatic heterocycles. The van der Waals surface area contributed by atoms with E-state index in [0.29, 0.717) is 10.8 Å². The van der Waals surface area contributed by atoms with Gasteiger partial charge in [-0.3, -0.25) is 0 Å². The van der Waals surface area contributed by atoms with Gasteiger partial charge in [-0.25, -0.2) is 0 Å². The smallest absolute Gasteiger partial charge is 0.00684 e. The Bertz CT molecular complexity index is 314. The van der Waals surface area contributed by atoms with Gasteiger partial charge in [-0.1, -0.05) is 39.5 Å². The number of rotatable bonds is 7. The quantitative estimate of drug-likeness (QED) is 0.756. The summed E-state index contributed by atoms with van der Waals surface area (Å²) in [7, 11) is 0. The molecule has 2 saturated carbocycles. The SMILES string of the molecule is CCC1(CC)CCN(CC2(CNC3CC3)CCCC2)CC1. The number of likely N-dealkylation sites (tertiary alicyclic amines) is 1. The Morgan fingerprint density at radius 3 is 2.05 bits per heavy atom. The topological polar surface area (TPSA) is 15.3 Å². The molecule has 0 spiro atoms. The molecule has 21 heavy (non-hydrogen) atoms. The molecule has 1 heterocycles. The average molecular weight is 293 g/mol. The van der Waals surface area contributed by atoms with E-state index in [4.69, 9.17) is 0 Å². The van der Waals surface area contributed by atoms with E-state index in [0.717, 1.165) is 6.04 Å². The second kappa shape index (κ2) is 6.58. The summed E-state index contributed by atoms with van der Waals surface area (Å²) in [6.07, 6.45) is 14.4. The first-order valence-corrected chi connectivity index (χ1v) is 9.65. The third-order valence-electron chi connectivity index (χ3n) is 6.98. The fourth-order valence-corrected chi connectivity index (χ4v) is 4.78.